The molecule has 0 fully saturated rings. The largest absolute Gasteiger partial charge is 0.393 e. The van der Waals surface area contributed by atoms with Crippen molar-refractivity contribution in [1.82, 2.24) is 0 Å². The number of hydrogen-bond donors (Lipinski definition) is 1. The number of hydrogen-bond acceptors (Lipinski definition) is 2. The van der Waals surface area contributed by atoms with E-state index in [2.05, 4.69) is 24.3 Å². The molecule has 0 bridgehead atoms. The first-order valence-corrected chi connectivity index (χ1v) is 6.13. The Labute approximate surface area is 90.5 Å². The van der Waals surface area contributed by atoms with Crippen LogP contribution < -0.4 is 0 Å². The molecule has 1 aromatic carbocycles. The van der Waals surface area contributed by atoms with E-state index in [4.69, 9.17) is 5.11 Å². The van der Waals surface area contributed by atoms with E-state index >= 15 is 0 Å². The monoisotopic (exact) mass is 210 g/mol. The molecule has 0 aromatic heterocycles. The van der Waals surface area contributed by atoms with Crippen LogP contribution in [0.25, 0.3) is 0 Å². The molecule has 0 radical (unpaired) electrons. The highest BCUT2D eigenvalue weighted by Crippen LogP contribution is 2.18. The maximum atomic E-state index is 9.06. The zero-order valence-electron chi connectivity index (χ0n) is 8.65. The lowest BCUT2D eigenvalue weighted by atomic mass is 10.2. The maximum Gasteiger partial charge on any atom is 0.0512 e. The summed E-state index contributed by atoms with van der Waals surface area (Å²) in [6.45, 7) is 1.85. The van der Waals surface area contributed by atoms with Crippen molar-refractivity contribution in [3.05, 3.63) is 30.3 Å². The van der Waals surface area contributed by atoms with Gasteiger partial charge in [-0.3, -0.25) is 0 Å². The molecule has 1 nitrogen and oxygen atoms in total. The van der Waals surface area contributed by atoms with E-state index in [1.54, 1.807) is 0 Å². The molecule has 0 spiro atoms. The maximum absolute atomic E-state index is 9.06. The molecule has 2 heteroatoms. The van der Waals surface area contributed by atoms with Gasteiger partial charge in [-0.1, -0.05) is 24.6 Å². The van der Waals surface area contributed by atoms with Crippen molar-refractivity contribution in [2.24, 2.45) is 0 Å². The van der Waals surface area contributed by atoms with Gasteiger partial charge in [0.2, 0.25) is 0 Å². The Hall–Kier alpha value is -0.470. The third kappa shape index (κ3) is 5.30. The Balaban J connectivity index is 2.05. The normalized spacial score (nSPS) is 12.7. The number of unbranched alkanes of at least 4 members (excludes halogenated alkanes) is 1. The zero-order valence-corrected chi connectivity index (χ0v) is 9.46. The lowest BCUT2D eigenvalue weighted by Gasteiger charge is -2.03. The Bertz CT molecular complexity index is 233. The summed E-state index contributed by atoms with van der Waals surface area (Å²) in [4.78, 5) is 1.34. The predicted octanol–water partition coefficient (Wildman–Crippen LogP) is 3.33. The van der Waals surface area contributed by atoms with Crippen LogP contribution in [0.15, 0.2) is 35.2 Å². The van der Waals surface area contributed by atoms with Crippen molar-refractivity contribution in [2.75, 3.05) is 5.75 Å². The van der Waals surface area contributed by atoms with Gasteiger partial charge in [0.25, 0.3) is 0 Å². The Morgan fingerprint density at radius 1 is 1.21 bits per heavy atom. The highest BCUT2D eigenvalue weighted by atomic mass is 32.2. The first-order chi connectivity index (χ1) is 6.79. The summed E-state index contributed by atoms with van der Waals surface area (Å²) in [5.41, 5.74) is 0. The number of rotatable bonds is 6. The van der Waals surface area contributed by atoms with Crippen molar-refractivity contribution in [3.8, 4) is 0 Å². The van der Waals surface area contributed by atoms with Crippen LogP contribution in [-0.2, 0) is 0 Å². The summed E-state index contributed by atoms with van der Waals surface area (Å²) >= 11 is 1.89. The summed E-state index contributed by atoms with van der Waals surface area (Å²) in [6, 6.07) is 10.5. The Kier molecular flexibility index (Phi) is 5.72. The van der Waals surface area contributed by atoms with E-state index < -0.39 is 0 Å². The summed E-state index contributed by atoms with van der Waals surface area (Å²) in [5, 5.41) is 9.06. The van der Waals surface area contributed by atoms with E-state index in [0.29, 0.717) is 0 Å². The summed E-state index contributed by atoms with van der Waals surface area (Å²) < 4.78 is 0. The van der Waals surface area contributed by atoms with Crippen molar-refractivity contribution in [3.63, 3.8) is 0 Å². The molecule has 1 atom stereocenters. The van der Waals surface area contributed by atoms with Gasteiger partial charge in [0.15, 0.2) is 0 Å². The minimum Gasteiger partial charge on any atom is -0.393 e. The smallest absolute Gasteiger partial charge is 0.0512 e. The van der Waals surface area contributed by atoms with Crippen molar-refractivity contribution >= 4 is 11.8 Å². The Morgan fingerprint density at radius 2 is 1.93 bits per heavy atom. The van der Waals surface area contributed by atoms with Gasteiger partial charge in [-0.25, -0.2) is 0 Å². The second-order valence-electron chi connectivity index (χ2n) is 3.51. The summed E-state index contributed by atoms with van der Waals surface area (Å²) in [5.74, 6) is 1.15. The molecule has 1 N–H and O–H groups in total. The number of aliphatic hydroxyl groups excluding tert-OH is 1. The second-order valence-corrected chi connectivity index (χ2v) is 4.67. The lowest BCUT2D eigenvalue weighted by Crippen LogP contribution is -1.98. The van der Waals surface area contributed by atoms with Crippen LogP contribution in [0.2, 0.25) is 0 Å². The van der Waals surface area contributed by atoms with Crippen LogP contribution >= 0.6 is 11.8 Å². The van der Waals surface area contributed by atoms with E-state index in [0.717, 1.165) is 18.6 Å². The van der Waals surface area contributed by atoms with Crippen LogP contribution in [-0.4, -0.2) is 17.0 Å². The molecule has 1 aromatic rings. The van der Waals surface area contributed by atoms with E-state index in [1.807, 2.05) is 24.8 Å². The van der Waals surface area contributed by atoms with Crippen LogP contribution in [0.1, 0.15) is 26.2 Å². The topological polar surface area (TPSA) is 20.2 Å². The van der Waals surface area contributed by atoms with Crippen molar-refractivity contribution < 1.29 is 5.11 Å². The molecule has 14 heavy (non-hydrogen) atoms. The van der Waals surface area contributed by atoms with Gasteiger partial charge in [-0.2, -0.15) is 0 Å². The third-order valence-corrected chi connectivity index (χ3v) is 3.13. The fraction of sp³-hybridized carbons (Fsp3) is 0.500. The van der Waals surface area contributed by atoms with Crippen LogP contribution in [0.5, 0.6) is 0 Å². The molecule has 0 aliphatic heterocycles. The van der Waals surface area contributed by atoms with Gasteiger partial charge in [0.05, 0.1) is 6.10 Å². The fourth-order valence-corrected chi connectivity index (χ4v) is 2.18. The van der Waals surface area contributed by atoms with Crippen molar-refractivity contribution in [1.29, 1.82) is 0 Å². The zero-order chi connectivity index (χ0) is 10.2. The lowest BCUT2D eigenvalue weighted by molar-refractivity contribution is 0.181. The van der Waals surface area contributed by atoms with Gasteiger partial charge in [-0.15, -0.1) is 11.8 Å². The first-order valence-electron chi connectivity index (χ1n) is 5.15. The molecule has 0 aliphatic rings. The molecule has 0 amide bonds. The summed E-state index contributed by atoms with van der Waals surface area (Å²) in [6.07, 6.45) is 3.09. The molecule has 78 valence electrons. The van der Waals surface area contributed by atoms with Crippen molar-refractivity contribution in [2.45, 2.75) is 37.2 Å². The number of benzene rings is 1. The molecular formula is C12H18OS. The molecule has 1 unspecified atom stereocenters. The van der Waals surface area contributed by atoms with Crippen LogP contribution in [0.3, 0.4) is 0 Å². The predicted molar refractivity (Wildman–Crippen MR) is 62.7 cm³/mol. The number of aliphatic hydroxyl groups is 1. The third-order valence-electron chi connectivity index (χ3n) is 2.03. The fourth-order valence-electron chi connectivity index (χ4n) is 1.25. The quantitative estimate of drug-likeness (QED) is 0.574. The molecule has 0 aliphatic carbocycles. The van der Waals surface area contributed by atoms with Gasteiger partial charge in [0.1, 0.15) is 0 Å². The highest BCUT2D eigenvalue weighted by Gasteiger charge is 1.96. The van der Waals surface area contributed by atoms with Crippen LogP contribution in [0.4, 0.5) is 0 Å². The standard InChI is InChI=1S/C12H18OS/c1-11(13)7-5-6-10-14-12-8-3-2-4-9-12/h2-4,8-9,11,13H,5-7,10H2,1H3. The van der Waals surface area contributed by atoms with Gasteiger partial charge in [0, 0.05) is 4.90 Å². The minimum absolute atomic E-state index is 0.142. The van der Waals surface area contributed by atoms with Gasteiger partial charge >= 0.3 is 0 Å². The van der Waals surface area contributed by atoms with E-state index in [1.165, 1.54) is 11.3 Å². The molecule has 0 heterocycles. The first kappa shape index (κ1) is 11.6. The average molecular weight is 210 g/mol. The minimum atomic E-state index is -0.142. The molecule has 0 saturated heterocycles. The number of thioether (sulfide) groups is 1. The van der Waals surface area contributed by atoms with E-state index in [-0.39, 0.29) is 6.10 Å². The van der Waals surface area contributed by atoms with Gasteiger partial charge in [-0.05, 0) is 37.7 Å². The highest BCUT2D eigenvalue weighted by molar-refractivity contribution is 7.99. The Morgan fingerprint density at radius 3 is 2.57 bits per heavy atom. The second kappa shape index (κ2) is 6.91. The molecular weight excluding hydrogens is 192 g/mol. The van der Waals surface area contributed by atoms with Crippen LogP contribution in [0, 0.1) is 0 Å². The summed E-state index contributed by atoms with van der Waals surface area (Å²) in [7, 11) is 0. The van der Waals surface area contributed by atoms with Gasteiger partial charge < -0.3 is 5.11 Å². The van der Waals surface area contributed by atoms with E-state index in [9.17, 15) is 0 Å². The molecule has 0 saturated carbocycles. The molecule has 1 rings (SSSR count). The average Bonchev–Trinajstić information content (AvgIpc) is 2.18. The SMILES string of the molecule is CC(O)CCCCSc1ccccc1.